The minimum Gasteiger partial charge on any atom is -0.748 e. The van der Waals surface area contributed by atoms with Crippen LogP contribution in [0.25, 0.3) is 43.1 Å². The van der Waals surface area contributed by atoms with Crippen LogP contribution in [0.3, 0.4) is 0 Å². The molecule has 0 bridgehead atoms. The van der Waals surface area contributed by atoms with E-state index in [-0.39, 0.29) is 96.6 Å². The van der Waals surface area contributed by atoms with Crippen LogP contribution in [-0.2, 0) is 84.6 Å². The average molecular weight is 1980 g/mol. The first-order chi connectivity index (χ1) is 65.5. The average Bonchev–Trinajstić information content (AvgIpc) is 1.59. The molecule has 10 aromatic carbocycles. The fraction of sp³-hybridized carbons (Fsp3) is 0.321. The number of hydrogen-bond acceptors (Lipinski definition) is 18. The zero-order valence-electron chi connectivity index (χ0n) is 82.0. The molecule has 6 aliphatic rings. The third kappa shape index (κ3) is 24.5. The Balaban J connectivity index is 0.000000232. The van der Waals surface area contributed by atoms with Crippen molar-refractivity contribution >= 4 is 130 Å². The van der Waals surface area contributed by atoms with Crippen LogP contribution in [0.2, 0.25) is 0 Å². The van der Waals surface area contributed by atoms with E-state index in [0.29, 0.717) is 86.3 Å². The van der Waals surface area contributed by atoms with E-state index in [0.717, 1.165) is 183 Å². The van der Waals surface area contributed by atoms with Crippen LogP contribution < -0.4 is 89.0 Å². The SMILES string of the molecule is C=C(C)C(=O)NCCc1ccc(OC2=C(/C=C/C3=[N+](CCCS(=O)(=O)[O-])c4ccc5ccccc5c4C3(C)C)CCC/C2=C\C=C2\N(CCCS(=O)(=O)[O-])c3ccc4ccccc4c3C2(C)C)cc1.C=C(C)C(=O)NCCc1ccc(OC2=C(/C=C/C3=[N+](CCCS(=O)(=O)[O-])c4ccc5ccccc5c4C3(C)C)CCC/C2=C\C=C2\N(CCCS(=O)(=O)[O-])c3ccc4ccccc4c3C2(C)C)cc1.[Na+].[Na+]. The van der Waals surface area contributed by atoms with Crippen molar-refractivity contribution in [1.29, 1.82) is 0 Å². The van der Waals surface area contributed by atoms with Crippen LogP contribution in [0.5, 0.6) is 11.5 Å². The summed E-state index contributed by atoms with van der Waals surface area (Å²) in [7, 11) is -17.7. The maximum atomic E-state index is 12.1. The third-order valence-corrected chi connectivity index (χ3v) is 30.5. The van der Waals surface area contributed by atoms with Crippen molar-refractivity contribution in [3.8, 4) is 11.5 Å². The molecule has 22 nitrogen and oxygen atoms in total. The summed E-state index contributed by atoms with van der Waals surface area (Å²) in [6.45, 7) is 30.5. The van der Waals surface area contributed by atoms with E-state index < -0.39 is 85.1 Å². The number of amides is 2. The Morgan fingerprint density at radius 2 is 0.707 bits per heavy atom. The van der Waals surface area contributed by atoms with Crippen LogP contribution >= 0.6 is 0 Å². The zero-order valence-corrected chi connectivity index (χ0v) is 89.3. The number of hydrogen-bond donors (Lipinski definition) is 2. The molecule has 2 N–H and O–H groups in total. The quantitative estimate of drug-likeness (QED) is 0.0164. The Morgan fingerprint density at radius 1 is 0.393 bits per heavy atom. The fourth-order valence-corrected chi connectivity index (χ4v) is 22.7. The van der Waals surface area contributed by atoms with E-state index in [4.69, 9.17) is 9.47 Å². The van der Waals surface area contributed by atoms with E-state index in [2.05, 4.69) is 244 Å². The maximum absolute atomic E-state index is 12.1. The fourth-order valence-electron chi connectivity index (χ4n) is 20.8. The van der Waals surface area contributed by atoms with Gasteiger partial charge in [0.25, 0.3) is 0 Å². The van der Waals surface area contributed by atoms with Crippen LogP contribution in [0, 0.1) is 0 Å². The van der Waals surface area contributed by atoms with Crippen molar-refractivity contribution in [2.24, 2.45) is 0 Å². The summed E-state index contributed by atoms with van der Waals surface area (Å²) in [5.74, 6) is 0.472. The number of allylic oxidation sites excluding steroid dienone is 14. The Hall–Kier alpha value is -10.2. The molecule has 0 aromatic heterocycles. The predicted molar refractivity (Wildman–Crippen MR) is 548 cm³/mol. The number of benzene rings is 10. The third-order valence-electron chi connectivity index (χ3n) is 27.3. The van der Waals surface area contributed by atoms with Gasteiger partial charge < -0.3 is 48.1 Å². The Labute approximate surface area is 868 Å². The minimum absolute atomic E-state index is 0. The molecule has 4 aliphatic heterocycles. The van der Waals surface area contributed by atoms with Crippen LogP contribution in [0.1, 0.15) is 167 Å². The number of anilines is 2. The van der Waals surface area contributed by atoms with Crippen LogP contribution in [-0.4, -0.2) is 147 Å². The Morgan fingerprint density at radius 3 is 1.04 bits per heavy atom. The van der Waals surface area contributed by atoms with Gasteiger partial charge in [0.05, 0.1) is 51.3 Å². The topological polar surface area (TPSA) is 318 Å². The number of fused-ring (bicyclic) bond motifs is 12. The summed E-state index contributed by atoms with van der Waals surface area (Å²) in [6.07, 6.45) is 23.4. The molecule has 0 atom stereocenters. The van der Waals surface area contributed by atoms with Gasteiger partial charge in [0.1, 0.15) is 36.1 Å². The van der Waals surface area contributed by atoms with Crippen molar-refractivity contribution in [3.05, 3.63) is 346 Å². The van der Waals surface area contributed by atoms with Crippen LogP contribution in [0.15, 0.2) is 312 Å². The smallest absolute Gasteiger partial charge is 0.748 e. The van der Waals surface area contributed by atoms with Gasteiger partial charge in [-0.3, -0.25) is 9.59 Å². The van der Waals surface area contributed by atoms with Crippen molar-refractivity contribution in [3.63, 3.8) is 0 Å². The summed E-state index contributed by atoms with van der Waals surface area (Å²) in [5, 5.41) is 14.6. The monoisotopic (exact) mass is 1980 g/mol. The Kier molecular flexibility index (Phi) is 33.9. The molecule has 10 aromatic rings. The first-order valence-electron chi connectivity index (χ1n) is 47.2. The number of rotatable bonds is 34. The van der Waals surface area contributed by atoms with Crippen molar-refractivity contribution in [2.75, 3.05) is 72.1 Å². The van der Waals surface area contributed by atoms with Gasteiger partial charge in [-0.05, 0) is 266 Å². The second-order valence-corrected chi connectivity index (χ2v) is 44.8. The van der Waals surface area contributed by atoms with Crippen molar-refractivity contribution < 1.29 is 139 Å². The van der Waals surface area contributed by atoms with E-state index in [1.54, 1.807) is 13.8 Å². The number of nitrogens with one attached hydrogen (secondary N) is 2. The molecular weight excluding hydrogens is 1860 g/mol. The first kappa shape index (κ1) is 107. The van der Waals surface area contributed by atoms with E-state index in [1.165, 1.54) is 0 Å². The summed E-state index contributed by atoms with van der Waals surface area (Å²) < 4.78 is 160. The number of carbonyl (C=O) groups excluding carboxylic acids is 2. The first-order valence-corrected chi connectivity index (χ1v) is 53.5. The van der Waals surface area contributed by atoms with Gasteiger partial charge in [0.15, 0.2) is 11.4 Å². The molecule has 2 aliphatic carbocycles. The van der Waals surface area contributed by atoms with Gasteiger partial charge in [-0.25, -0.2) is 33.7 Å². The number of carbonyl (C=O) groups is 2. The Bertz CT molecular complexity index is 6950. The molecule has 140 heavy (non-hydrogen) atoms. The number of nitrogens with zero attached hydrogens (tertiary/aromatic N) is 4. The minimum atomic E-state index is -4.42. The molecule has 16 rings (SSSR count). The summed E-state index contributed by atoms with van der Waals surface area (Å²) in [4.78, 5) is 28.5. The summed E-state index contributed by atoms with van der Waals surface area (Å²) in [6, 6.07) is 65.4. The second-order valence-electron chi connectivity index (χ2n) is 38.7. The largest absolute Gasteiger partial charge is 1.00 e. The normalized spacial score (nSPS) is 17.7. The van der Waals surface area contributed by atoms with Gasteiger partial charge in [-0.2, -0.15) is 9.15 Å². The molecule has 0 saturated carbocycles. The van der Waals surface area contributed by atoms with E-state index >= 15 is 0 Å². The van der Waals surface area contributed by atoms with Crippen molar-refractivity contribution in [2.45, 2.75) is 168 Å². The maximum Gasteiger partial charge on any atom is 1.00 e. The molecule has 28 heteroatoms. The van der Waals surface area contributed by atoms with Gasteiger partial charge in [-0.15, -0.1) is 0 Å². The molecule has 0 spiro atoms. The summed E-state index contributed by atoms with van der Waals surface area (Å²) in [5.41, 5.74) is 17.2. The molecule has 4 heterocycles. The van der Waals surface area contributed by atoms with Crippen LogP contribution in [0.4, 0.5) is 22.7 Å². The van der Waals surface area contributed by atoms with Gasteiger partial charge >= 0.3 is 59.1 Å². The second kappa shape index (κ2) is 44.3. The molecule has 2 amide bonds. The molecule has 0 saturated heterocycles. The molecule has 0 fully saturated rings. The molecular formula is C112H120N6Na2O16S4. The predicted octanol–water partition coefficient (Wildman–Crippen LogP) is 14.3. The zero-order chi connectivity index (χ0) is 98.6. The van der Waals surface area contributed by atoms with Gasteiger partial charge in [0.2, 0.25) is 23.2 Å². The summed E-state index contributed by atoms with van der Waals surface area (Å²) >= 11 is 0. The van der Waals surface area contributed by atoms with Crippen molar-refractivity contribution in [1.82, 2.24) is 10.6 Å². The standard InChI is InChI=1S/2C56H61N3O8S2.2Na/c2*1-38(2)54(60)57-33-32-39-20-26-44(27-21-39)67-53-42(24-30-49-55(3,4)51-45-18-9-7-14-40(45)22-28-47(51)58(49)34-12-36-68(61,62)63)16-11-17-43(53)25-31-50-56(5,6)52-46-19-10-8-15-41(46)23-29-48(52)59(50)35-13-37-69(64,65)66;;/h2*7-10,14-15,18-31H,1,11-13,16-17,32-37H2,2-6H3,(H2-,57,60,61,62,63,64,65,66);;/q;;2*+1/p-2. The van der Waals surface area contributed by atoms with Gasteiger partial charge in [-0.1, -0.05) is 186 Å². The molecule has 0 radical (unpaired) electrons. The van der Waals surface area contributed by atoms with E-state index in [9.17, 15) is 61.5 Å². The molecule has 0 unspecified atom stereocenters. The van der Waals surface area contributed by atoms with E-state index in [1.807, 2.05) is 97.1 Å². The molecule has 720 valence electrons. The number of ether oxygens (including phenoxy) is 2. The van der Waals surface area contributed by atoms with Gasteiger partial charge in [0, 0.05) is 142 Å².